The summed E-state index contributed by atoms with van der Waals surface area (Å²) in [6.07, 6.45) is -0.315. The standard InChI is InChI=1S/C17H23N3O5S/c1-5-26(22,23)16-20-19-14(24-16)13(11-12-9-7-6-8-10-12)18-15(21)25-17(2,3)4/h6-10,13H,5,11H2,1-4H3,(H,18,21)/t13-/m0/s1. The van der Waals surface area contributed by atoms with Crippen LogP contribution in [0.2, 0.25) is 0 Å². The van der Waals surface area contributed by atoms with Gasteiger partial charge in [-0.15, -0.1) is 5.10 Å². The molecule has 8 nitrogen and oxygen atoms in total. The van der Waals surface area contributed by atoms with E-state index in [9.17, 15) is 13.2 Å². The van der Waals surface area contributed by atoms with Crippen molar-refractivity contribution in [1.29, 1.82) is 0 Å². The highest BCUT2D eigenvalue weighted by molar-refractivity contribution is 7.91. The van der Waals surface area contributed by atoms with Crippen LogP contribution in [0, 0.1) is 0 Å². The van der Waals surface area contributed by atoms with Gasteiger partial charge in [-0.3, -0.25) is 0 Å². The Kier molecular flexibility index (Phi) is 6.01. The number of nitrogens with one attached hydrogen (secondary N) is 1. The Morgan fingerprint density at radius 1 is 1.23 bits per heavy atom. The monoisotopic (exact) mass is 381 g/mol. The number of alkyl carbamates (subject to hydrolysis) is 1. The number of hydrogen-bond donors (Lipinski definition) is 1. The second kappa shape index (κ2) is 7.86. The normalized spacial score (nSPS) is 13.2. The van der Waals surface area contributed by atoms with Crippen LogP contribution in [0.3, 0.4) is 0 Å². The van der Waals surface area contributed by atoms with Crippen LogP contribution in [0.5, 0.6) is 0 Å². The Labute approximate surface area is 152 Å². The zero-order chi connectivity index (χ0) is 19.4. The first-order valence-corrected chi connectivity index (χ1v) is 9.85. The van der Waals surface area contributed by atoms with Crippen LogP contribution in [0.15, 0.2) is 40.0 Å². The first kappa shape index (κ1) is 19.9. The third-order valence-electron chi connectivity index (χ3n) is 3.34. The van der Waals surface area contributed by atoms with E-state index in [4.69, 9.17) is 9.15 Å². The lowest BCUT2D eigenvalue weighted by Crippen LogP contribution is -2.36. The Bertz CT molecular complexity index is 841. The maximum absolute atomic E-state index is 12.2. The molecule has 0 aliphatic carbocycles. The number of hydrogen-bond acceptors (Lipinski definition) is 7. The fraction of sp³-hybridized carbons (Fsp3) is 0.471. The van der Waals surface area contributed by atoms with Crippen LogP contribution in [-0.2, 0) is 21.0 Å². The molecule has 1 heterocycles. The molecule has 0 unspecified atom stereocenters. The molecule has 0 fully saturated rings. The lowest BCUT2D eigenvalue weighted by atomic mass is 10.1. The number of sulfone groups is 1. The second-order valence-electron chi connectivity index (χ2n) is 6.70. The second-order valence-corrected chi connectivity index (χ2v) is 8.85. The summed E-state index contributed by atoms with van der Waals surface area (Å²) in [4.78, 5) is 12.2. The van der Waals surface area contributed by atoms with Crippen LogP contribution in [-0.4, -0.2) is 36.1 Å². The molecule has 2 aromatic rings. The number of aromatic nitrogens is 2. The molecule has 142 valence electrons. The van der Waals surface area contributed by atoms with Crippen LogP contribution in [0.25, 0.3) is 0 Å². The van der Waals surface area contributed by atoms with Crippen LogP contribution < -0.4 is 5.32 Å². The minimum Gasteiger partial charge on any atom is -0.444 e. The van der Waals surface area contributed by atoms with E-state index in [1.54, 1.807) is 20.8 Å². The van der Waals surface area contributed by atoms with Gasteiger partial charge in [-0.25, -0.2) is 13.2 Å². The Hall–Kier alpha value is -2.42. The van der Waals surface area contributed by atoms with E-state index < -0.39 is 32.8 Å². The summed E-state index contributed by atoms with van der Waals surface area (Å²) < 4.78 is 34.4. The summed E-state index contributed by atoms with van der Waals surface area (Å²) in [6.45, 7) is 6.73. The number of carbonyl (C=O) groups is 1. The minimum absolute atomic E-state index is 0.00624. The molecule has 26 heavy (non-hydrogen) atoms. The van der Waals surface area contributed by atoms with E-state index in [0.717, 1.165) is 5.56 Å². The maximum atomic E-state index is 12.2. The van der Waals surface area contributed by atoms with E-state index in [-0.39, 0.29) is 11.6 Å². The van der Waals surface area contributed by atoms with E-state index in [1.807, 2.05) is 30.3 Å². The smallest absolute Gasteiger partial charge is 0.408 e. The van der Waals surface area contributed by atoms with Gasteiger partial charge >= 0.3 is 11.3 Å². The van der Waals surface area contributed by atoms with Crippen LogP contribution in [0.1, 0.15) is 45.2 Å². The van der Waals surface area contributed by atoms with Gasteiger partial charge in [-0.05, 0) is 26.3 Å². The summed E-state index contributed by atoms with van der Waals surface area (Å²) in [5.74, 6) is -0.149. The Balaban J connectivity index is 2.27. The van der Waals surface area contributed by atoms with Crippen molar-refractivity contribution in [3.8, 4) is 0 Å². The van der Waals surface area contributed by atoms with Crippen LogP contribution >= 0.6 is 0 Å². The molecule has 1 aromatic heterocycles. The van der Waals surface area contributed by atoms with Gasteiger partial charge in [-0.1, -0.05) is 42.4 Å². The predicted octanol–water partition coefficient (Wildman–Crippen LogP) is 2.67. The molecule has 1 atom stereocenters. The summed E-state index contributed by atoms with van der Waals surface area (Å²) in [5, 5.41) is 9.63. The molecule has 9 heteroatoms. The van der Waals surface area contributed by atoms with Gasteiger partial charge in [-0.2, -0.15) is 0 Å². The van der Waals surface area contributed by atoms with E-state index in [1.165, 1.54) is 6.92 Å². The van der Waals surface area contributed by atoms with Crippen molar-refractivity contribution in [2.45, 2.75) is 51.0 Å². The summed E-state index contributed by atoms with van der Waals surface area (Å²) in [7, 11) is -3.63. The molecule has 0 spiro atoms. The van der Waals surface area contributed by atoms with Crippen molar-refractivity contribution >= 4 is 15.9 Å². The summed E-state index contributed by atoms with van der Waals surface area (Å²) in [5.41, 5.74) is 0.235. The molecule has 1 N–H and O–H groups in total. The molecular weight excluding hydrogens is 358 g/mol. The SMILES string of the molecule is CCS(=O)(=O)c1nnc([C@H](Cc2ccccc2)NC(=O)OC(C)(C)C)o1. The highest BCUT2D eigenvalue weighted by atomic mass is 32.2. The molecule has 0 aliphatic heterocycles. The Morgan fingerprint density at radius 3 is 2.46 bits per heavy atom. The van der Waals surface area contributed by atoms with Gasteiger partial charge in [0.1, 0.15) is 11.6 Å². The van der Waals surface area contributed by atoms with Crippen molar-refractivity contribution in [2.75, 3.05) is 5.75 Å². The minimum atomic E-state index is -3.63. The molecule has 1 aromatic carbocycles. The number of carbonyl (C=O) groups excluding carboxylic acids is 1. The lowest BCUT2D eigenvalue weighted by Gasteiger charge is -2.22. The number of nitrogens with zero attached hydrogens (tertiary/aromatic N) is 2. The third kappa shape index (κ3) is 5.55. The fourth-order valence-corrected chi connectivity index (χ4v) is 2.73. The van der Waals surface area contributed by atoms with Gasteiger partial charge in [0.25, 0.3) is 0 Å². The van der Waals surface area contributed by atoms with E-state index >= 15 is 0 Å². The fourth-order valence-electron chi connectivity index (χ4n) is 2.11. The number of rotatable bonds is 6. The van der Waals surface area contributed by atoms with Gasteiger partial charge < -0.3 is 14.5 Å². The van der Waals surface area contributed by atoms with Gasteiger partial charge in [0.2, 0.25) is 15.7 Å². The number of amides is 1. The molecule has 0 aliphatic rings. The lowest BCUT2D eigenvalue weighted by molar-refractivity contribution is 0.0494. The van der Waals surface area contributed by atoms with Crippen molar-refractivity contribution in [2.24, 2.45) is 0 Å². The molecule has 2 rings (SSSR count). The van der Waals surface area contributed by atoms with E-state index in [0.29, 0.717) is 6.42 Å². The average Bonchev–Trinajstić information content (AvgIpc) is 3.04. The van der Waals surface area contributed by atoms with E-state index in [2.05, 4.69) is 15.5 Å². The predicted molar refractivity (Wildman–Crippen MR) is 94.3 cm³/mol. The first-order valence-electron chi connectivity index (χ1n) is 8.20. The van der Waals surface area contributed by atoms with Crippen molar-refractivity contribution in [3.05, 3.63) is 41.8 Å². The summed E-state index contributed by atoms with van der Waals surface area (Å²) in [6, 6.07) is 8.63. The van der Waals surface area contributed by atoms with Crippen molar-refractivity contribution in [1.82, 2.24) is 15.5 Å². The molecule has 0 saturated carbocycles. The van der Waals surface area contributed by atoms with Crippen LogP contribution in [0.4, 0.5) is 4.79 Å². The first-order chi connectivity index (χ1) is 12.1. The summed E-state index contributed by atoms with van der Waals surface area (Å²) >= 11 is 0. The molecule has 1 amide bonds. The van der Waals surface area contributed by atoms with Gasteiger partial charge in [0.05, 0.1) is 5.75 Å². The Morgan fingerprint density at radius 2 is 1.88 bits per heavy atom. The molecule has 0 saturated heterocycles. The van der Waals surface area contributed by atoms with Gasteiger partial charge in [0.15, 0.2) is 0 Å². The zero-order valence-corrected chi connectivity index (χ0v) is 16.0. The quantitative estimate of drug-likeness (QED) is 0.818. The maximum Gasteiger partial charge on any atom is 0.408 e. The number of benzene rings is 1. The van der Waals surface area contributed by atoms with Crippen molar-refractivity contribution in [3.63, 3.8) is 0 Å². The molecular formula is C17H23N3O5S. The zero-order valence-electron chi connectivity index (χ0n) is 15.2. The molecule has 0 radical (unpaired) electrons. The molecule has 0 bridgehead atoms. The topological polar surface area (TPSA) is 111 Å². The van der Waals surface area contributed by atoms with Gasteiger partial charge in [0, 0.05) is 6.42 Å². The average molecular weight is 381 g/mol. The largest absolute Gasteiger partial charge is 0.444 e. The van der Waals surface area contributed by atoms with Crippen molar-refractivity contribution < 1.29 is 22.4 Å². The number of ether oxygens (including phenoxy) is 1. The highest BCUT2D eigenvalue weighted by Gasteiger charge is 2.27. The highest BCUT2D eigenvalue weighted by Crippen LogP contribution is 2.20. The third-order valence-corrected chi connectivity index (χ3v) is 4.80.